The summed E-state index contributed by atoms with van der Waals surface area (Å²) in [5.41, 5.74) is 0.684. The van der Waals surface area contributed by atoms with Crippen LogP contribution in [0.1, 0.15) is 20.1 Å². The second kappa shape index (κ2) is 6.86. The number of thiophene rings is 1. The highest BCUT2D eigenvalue weighted by atomic mass is 32.2. The van der Waals surface area contributed by atoms with Crippen molar-refractivity contribution in [2.75, 3.05) is 26.2 Å². The number of sulfonamides is 1. The fourth-order valence-corrected chi connectivity index (χ4v) is 5.29. The summed E-state index contributed by atoms with van der Waals surface area (Å²) in [7, 11) is -3.74. The number of hydrogen-bond donors (Lipinski definition) is 0. The molecule has 25 heavy (non-hydrogen) atoms. The van der Waals surface area contributed by atoms with Crippen LogP contribution in [-0.2, 0) is 10.0 Å². The highest BCUT2D eigenvalue weighted by Crippen LogP contribution is 2.24. The third-order valence-corrected chi connectivity index (χ3v) is 7.09. The third-order valence-electron chi connectivity index (χ3n) is 4.23. The Balaban J connectivity index is 1.71. The van der Waals surface area contributed by atoms with Gasteiger partial charge >= 0.3 is 0 Å². The van der Waals surface area contributed by atoms with E-state index >= 15 is 0 Å². The molecule has 0 N–H and O–H groups in total. The third kappa shape index (κ3) is 3.61. The van der Waals surface area contributed by atoms with E-state index in [1.807, 2.05) is 19.9 Å². The molecule has 0 atom stereocenters. The van der Waals surface area contributed by atoms with Crippen LogP contribution in [0.25, 0.3) is 0 Å². The van der Waals surface area contributed by atoms with Crippen molar-refractivity contribution in [3.63, 3.8) is 0 Å². The fourth-order valence-electron chi connectivity index (χ4n) is 2.92. The number of aryl methyl sites for hydroxylation is 2. The van der Waals surface area contributed by atoms with E-state index in [1.54, 1.807) is 16.2 Å². The number of hydrogen-bond acceptors (Lipinski definition) is 4. The molecule has 1 aromatic heterocycles. The number of rotatable bonds is 3. The summed E-state index contributed by atoms with van der Waals surface area (Å²) in [4.78, 5) is 16.3. The molecule has 0 unspecified atom stereocenters. The summed E-state index contributed by atoms with van der Waals surface area (Å²) in [5, 5.41) is 0. The summed E-state index contributed by atoms with van der Waals surface area (Å²) in [6.07, 6.45) is 0. The monoisotopic (exact) mass is 382 g/mol. The maximum absolute atomic E-state index is 13.3. The van der Waals surface area contributed by atoms with Crippen LogP contribution in [0, 0.1) is 19.7 Å². The highest BCUT2D eigenvalue weighted by Gasteiger charge is 2.31. The van der Waals surface area contributed by atoms with Gasteiger partial charge in [0.05, 0.1) is 10.5 Å². The van der Waals surface area contributed by atoms with Gasteiger partial charge in [0, 0.05) is 35.9 Å². The van der Waals surface area contributed by atoms with Crippen LogP contribution < -0.4 is 0 Å². The predicted molar refractivity (Wildman–Crippen MR) is 94.9 cm³/mol. The number of halogens is 1. The molecule has 1 fully saturated rings. The van der Waals surface area contributed by atoms with Crippen LogP contribution in [0.3, 0.4) is 0 Å². The van der Waals surface area contributed by atoms with Gasteiger partial charge in [-0.3, -0.25) is 4.79 Å². The van der Waals surface area contributed by atoms with Gasteiger partial charge in [-0.15, -0.1) is 11.3 Å². The molecule has 0 radical (unpaired) electrons. The minimum absolute atomic E-state index is 0.0587. The molecule has 0 saturated carbocycles. The van der Waals surface area contributed by atoms with Gasteiger partial charge in [-0.1, -0.05) is 6.07 Å². The SMILES string of the molecule is Cc1cc(C(=O)N2CCN(S(=O)(=O)c3cccc(F)c3)CC2)c(C)s1. The molecule has 2 aromatic rings. The Morgan fingerprint density at radius 1 is 1.12 bits per heavy atom. The van der Waals surface area contributed by atoms with Crippen molar-refractivity contribution in [1.82, 2.24) is 9.21 Å². The van der Waals surface area contributed by atoms with Crippen molar-refractivity contribution < 1.29 is 17.6 Å². The molecular weight excluding hydrogens is 363 g/mol. The van der Waals surface area contributed by atoms with Crippen molar-refractivity contribution in [2.45, 2.75) is 18.7 Å². The van der Waals surface area contributed by atoms with Crippen LogP contribution in [0.2, 0.25) is 0 Å². The Hall–Kier alpha value is -1.77. The van der Waals surface area contributed by atoms with Crippen molar-refractivity contribution >= 4 is 27.3 Å². The number of carbonyl (C=O) groups excluding carboxylic acids is 1. The molecule has 1 aliphatic heterocycles. The quantitative estimate of drug-likeness (QED) is 0.820. The van der Waals surface area contributed by atoms with Crippen LogP contribution in [0.4, 0.5) is 4.39 Å². The first-order valence-electron chi connectivity index (χ1n) is 7.91. The molecule has 1 amide bonds. The fraction of sp³-hybridized carbons (Fsp3) is 0.353. The van der Waals surface area contributed by atoms with Gasteiger partial charge in [-0.05, 0) is 38.1 Å². The van der Waals surface area contributed by atoms with Crippen LogP contribution >= 0.6 is 11.3 Å². The van der Waals surface area contributed by atoms with Gasteiger partial charge in [-0.25, -0.2) is 12.8 Å². The van der Waals surface area contributed by atoms with Gasteiger partial charge in [0.25, 0.3) is 5.91 Å². The second-order valence-electron chi connectivity index (χ2n) is 5.98. The summed E-state index contributed by atoms with van der Waals surface area (Å²) in [5.74, 6) is -0.650. The Labute approximate surface area is 150 Å². The normalized spacial score (nSPS) is 16.2. The summed E-state index contributed by atoms with van der Waals surface area (Å²) < 4.78 is 39.8. The number of carbonyl (C=O) groups is 1. The van der Waals surface area contributed by atoms with E-state index in [-0.39, 0.29) is 23.9 Å². The Morgan fingerprint density at radius 2 is 1.80 bits per heavy atom. The van der Waals surface area contributed by atoms with E-state index in [0.29, 0.717) is 18.7 Å². The summed E-state index contributed by atoms with van der Waals surface area (Å²) >= 11 is 1.58. The average molecular weight is 382 g/mol. The highest BCUT2D eigenvalue weighted by molar-refractivity contribution is 7.89. The van der Waals surface area contributed by atoms with Gasteiger partial charge in [0.2, 0.25) is 10.0 Å². The van der Waals surface area contributed by atoms with E-state index in [2.05, 4.69) is 0 Å². The Morgan fingerprint density at radius 3 is 2.36 bits per heavy atom. The average Bonchev–Trinajstić information content (AvgIpc) is 2.92. The standard InChI is InChI=1S/C17H19FN2O3S2/c1-12-10-16(13(2)24-12)17(21)19-6-8-20(9-7-19)25(22,23)15-5-3-4-14(18)11-15/h3-5,10-11H,6-9H2,1-2H3. The minimum Gasteiger partial charge on any atom is -0.336 e. The second-order valence-corrected chi connectivity index (χ2v) is 9.38. The molecule has 1 saturated heterocycles. The van der Waals surface area contributed by atoms with Crippen LogP contribution in [-0.4, -0.2) is 49.7 Å². The van der Waals surface area contributed by atoms with Crippen LogP contribution in [0.15, 0.2) is 35.2 Å². The van der Waals surface area contributed by atoms with E-state index < -0.39 is 15.8 Å². The number of benzene rings is 1. The molecule has 2 heterocycles. The zero-order valence-electron chi connectivity index (χ0n) is 14.0. The van der Waals surface area contributed by atoms with E-state index in [4.69, 9.17) is 0 Å². The molecule has 3 rings (SSSR count). The lowest BCUT2D eigenvalue weighted by Gasteiger charge is -2.34. The number of amides is 1. The zero-order chi connectivity index (χ0) is 18.2. The van der Waals surface area contributed by atoms with Gasteiger partial charge < -0.3 is 4.90 Å². The number of nitrogens with zero attached hydrogens (tertiary/aromatic N) is 2. The molecular formula is C17H19FN2O3S2. The van der Waals surface area contributed by atoms with Crippen LogP contribution in [0.5, 0.6) is 0 Å². The predicted octanol–water partition coefficient (Wildman–Crippen LogP) is 2.65. The molecule has 134 valence electrons. The molecule has 1 aliphatic rings. The first kappa shape index (κ1) is 18.0. The summed E-state index contributed by atoms with van der Waals surface area (Å²) in [6, 6.07) is 6.86. The van der Waals surface area contributed by atoms with Gasteiger partial charge in [0.15, 0.2) is 0 Å². The van der Waals surface area contributed by atoms with Gasteiger partial charge in [0.1, 0.15) is 5.82 Å². The van der Waals surface area contributed by atoms with E-state index in [0.717, 1.165) is 15.8 Å². The molecule has 8 heteroatoms. The smallest absolute Gasteiger partial charge is 0.255 e. The topological polar surface area (TPSA) is 57.7 Å². The molecule has 0 bridgehead atoms. The van der Waals surface area contributed by atoms with E-state index in [1.165, 1.54) is 22.5 Å². The number of piperazine rings is 1. The molecule has 5 nitrogen and oxygen atoms in total. The molecule has 0 aliphatic carbocycles. The maximum Gasteiger partial charge on any atom is 0.255 e. The summed E-state index contributed by atoms with van der Waals surface area (Å²) in [6.45, 7) is 4.91. The van der Waals surface area contributed by atoms with E-state index in [9.17, 15) is 17.6 Å². The molecule has 1 aromatic carbocycles. The lowest BCUT2D eigenvalue weighted by Crippen LogP contribution is -2.50. The Kier molecular flexibility index (Phi) is 4.95. The molecule has 0 spiro atoms. The van der Waals surface area contributed by atoms with Crippen molar-refractivity contribution in [2.24, 2.45) is 0 Å². The lowest BCUT2D eigenvalue weighted by molar-refractivity contribution is 0.0697. The first-order chi connectivity index (χ1) is 11.8. The Bertz CT molecular complexity index is 900. The van der Waals surface area contributed by atoms with Crippen molar-refractivity contribution in [3.8, 4) is 0 Å². The zero-order valence-corrected chi connectivity index (χ0v) is 15.7. The lowest BCUT2D eigenvalue weighted by atomic mass is 10.2. The largest absolute Gasteiger partial charge is 0.336 e. The minimum atomic E-state index is -3.74. The first-order valence-corrected chi connectivity index (χ1v) is 10.2. The maximum atomic E-state index is 13.3. The van der Waals surface area contributed by atoms with Crippen molar-refractivity contribution in [1.29, 1.82) is 0 Å². The van der Waals surface area contributed by atoms with Crippen molar-refractivity contribution in [3.05, 3.63) is 51.5 Å². The van der Waals surface area contributed by atoms with Gasteiger partial charge in [-0.2, -0.15) is 4.31 Å².